The molecule has 0 aliphatic heterocycles. The Morgan fingerprint density at radius 1 is 1.18 bits per heavy atom. The van der Waals surface area contributed by atoms with Crippen molar-refractivity contribution in [3.8, 4) is 0 Å². The molecule has 0 amide bonds. The summed E-state index contributed by atoms with van der Waals surface area (Å²) in [6.07, 6.45) is 0.910. The molecule has 120 valence electrons. The van der Waals surface area contributed by atoms with Gasteiger partial charge in [-0.15, -0.1) is 0 Å². The summed E-state index contributed by atoms with van der Waals surface area (Å²) in [7, 11) is 1.37. The van der Waals surface area contributed by atoms with Crippen LogP contribution in [-0.2, 0) is 20.7 Å². The van der Waals surface area contributed by atoms with Crippen LogP contribution in [0.2, 0.25) is 0 Å². The average Bonchev–Trinajstić information content (AvgIpc) is 2.46. The van der Waals surface area contributed by atoms with E-state index in [4.69, 9.17) is 4.74 Å². The van der Waals surface area contributed by atoms with Crippen LogP contribution in [0, 0.1) is 38.0 Å². The first kappa shape index (κ1) is 16.7. The second-order valence-corrected chi connectivity index (χ2v) is 6.91. The van der Waals surface area contributed by atoms with Gasteiger partial charge < -0.3 is 4.74 Å². The molecule has 0 heterocycles. The van der Waals surface area contributed by atoms with Gasteiger partial charge in [-0.05, 0) is 55.7 Å². The fourth-order valence-corrected chi connectivity index (χ4v) is 3.94. The zero-order valence-corrected chi connectivity index (χ0v) is 14.4. The summed E-state index contributed by atoms with van der Waals surface area (Å²) in [5.41, 5.74) is 3.53. The summed E-state index contributed by atoms with van der Waals surface area (Å²) in [4.78, 5) is 25.2. The van der Waals surface area contributed by atoms with E-state index in [1.807, 2.05) is 20.8 Å². The van der Waals surface area contributed by atoms with Crippen LogP contribution >= 0.6 is 0 Å². The molecular weight excluding hydrogens is 276 g/mol. The van der Waals surface area contributed by atoms with Gasteiger partial charge in [-0.25, -0.2) is 0 Å². The highest BCUT2D eigenvalue weighted by Crippen LogP contribution is 2.52. The number of rotatable bonds is 4. The van der Waals surface area contributed by atoms with Gasteiger partial charge in [-0.2, -0.15) is 0 Å². The van der Waals surface area contributed by atoms with Gasteiger partial charge in [0.1, 0.15) is 5.41 Å². The molecule has 3 nitrogen and oxygen atoms in total. The van der Waals surface area contributed by atoms with Gasteiger partial charge in [0.05, 0.1) is 7.11 Å². The van der Waals surface area contributed by atoms with Crippen molar-refractivity contribution in [3.05, 3.63) is 34.4 Å². The smallest absolute Gasteiger partial charge is 0.319 e. The predicted octanol–water partition coefficient (Wildman–Crippen LogP) is 3.56. The molecular formula is C19H26O3. The van der Waals surface area contributed by atoms with E-state index >= 15 is 0 Å². The second-order valence-electron chi connectivity index (χ2n) is 6.91. The van der Waals surface area contributed by atoms with Crippen LogP contribution in [0.15, 0.2) is 12.1 Å². The van der Waals surface area contributed by atoms with Gasteiger partial charge in [0.15, 0.2) is 5.78 Å². The number of ketones is 1. The topological polar surface area (TPSA) is 43.4 Å². The van der Waals surface area contributed by atoms with Crippen LogP contribution in [0.25, 0.3) is 0 Å². The van der Waals surface area contributed by atoms with Gasteiger partial charge in [0.2, 0.25) is 0 Å². The molecule has 0 aromatic heterocycles. The van der Waals surface area contributed by atoms with Crippen LogP contribution in [0.3, 0.4) is 0 Å². The lowest BCUT2D eigenvalue weighted by molar-refractivity contribution is -0.175. The average molecular weight is 302 g/mol. The Morgan fingerprint density at radius 2 is 1.73 bits per heavy atom. The number of ether oxygens (including phenoxy) is 1. The van der Waals surface area contributed by atoms with Crippen molar-refractivity contribution < 1.29 is 14.3 Å². The summed E-state index contributed by atoms with van der Waals surface area (Å²) in [5.74, 6) is 0.0484. The molecule has 1 saturated carbocycles. The van der Waals surface area contributed by atoms with E-state index in [0.717, 1.165) is 16.7 Å². The zero-order valence-electron chi connectivity index (χ0n) is 14.4. The SMILES string of the molecule is COC(=O)C1(C(=O)Cc2c(C)cc(C)cc2C)CC(C)C1C. The van der Waals surface area contributed by atoms with Crippen molar-refractivity contribution >= 4 is 11.8 Å². The molecule has 3 atom stereocenters. The highest BCUT2D eigenvalue weighted by molar-refractivity contribution is 6.06. The van der Waals surface area contributed by atoms with Gasteiger partial charge in [0.25, 0.3) is 0 Å². The summed E-state index contributed by atoms with van der Waals surface area (Å²) in [6, 6.07) is 4.18. The number of carbonyl (C=O) groups excluding carboxylic acids is 2. The summed E-state index contributed by atoms with van der Waals surface area (Å²) in [5, 5.41) is 0. The van der Waals surface area contributed by atoms with Gasteiger partial charge in [0, 0.05) is 6.42 Å². The third kappa shape index (κ3) is 2.47. The van der Waals surface area contributed by atoms with Crippen LogP contribution in [0.5, 0.6) is 0 Å². The first-order valence-corrected chi connectivity index (χ1v) is 7.92. The van der Waals surface area contributed by atoms with Gasteiger partial charge in [-0.1, -0.05) is 31.5 Å². The molecule has 0 radical (unpaired) electrons. The van der Waals surface area contributed by atoms with Gasteiger partial charge in [-0.3, -0.25) is 9.59 Å². The van der Waals surface area contributed by atoms with E-state index in [2.05, 4.69) is 26.0 Å². The number of methoxy groups -OCH3 is 1. The van der Waals surface area contributed by atoms with Crippen molar-refractivity contribution in [1.82, 2.24) is 0 Å². The third-order valence-electron chi connectivity index (χ3n) is 5.50. The number of carbonyl (C=O) groups is 2. The molecule has 0 N–H and O–H groups in total. The van der Waals surface area contributed by atoms with Crippen molar-refractivity contribution in [2.45, 2.75) is 47.5 Å². The molecule has 0 spiro atoms. The van der Waals surface area contributed by atoms with E-state index < -0.39 is 5.41 Å². The first-order valence-electron chi connectivity index (χ1n) is 7.92. The largest absolute Gasteiger partial charge is 0.468 e. The molecule has 1 aromatic rings. The maximum Gasteiger partial charge on any atom is 0.319 e. The second kappa shape index (κ2) is 5.86. The summed E-state index contributed by atoms with van der Waals surface area (Å²) in [6.45, 7) is 10.2. The number of Topliss-reactive ketones (excluding diaryl/α,β-unsaturated/α-hetero) is 1. The molecule has 0 bridgehead atoms. The van der Waals surface area contributed by atoms with E-state index in [0.29, 0.717) is 18.8 Å². The third-order valence-corrected chi connectivity index (χ3v) is 5.50. The Hall–Kier alpha value is -1.64. The Kier molecular flexibility index (Phi) is 4.46. The van der Waals surface area contributed by atoms with E-state index in [9.17, 15) is 9.59 Å². The normalized spacial score (nSPS) is 27.2. The standard InChI is InChI=1S/C19H26O3/c1-11-7-12(2)16(13(3)8-11)9-17(20)19(18(21)22-6)10-14(4)15(19)5/h7-8,14-15H,9-10H2,1-6H3. The fourth-order valence-electron chi connectivity index (χ4n) is 3.94. The minimum absolute atomic E-state index is 0.00000283. The lowest BCUT2D eigenvalue weighted by atomic mass is 9.52. The van der Waals surface area contributed by atoms with E-state index in [1.165, 1.54) is 12.7 Å². The van der Waals surface area contributed by atoms with Crippen molar-refractivity contribution in [3.63, 3.8) is 0 Å². The summed E-state index contributed by atoms with van der Waals surface area (Å²) < 4.78 is 4.95. The maximum absolute atomic E-state index is 13.0. The molecule has 1 aliphatic rings. The molecule has 3 heteroatoms. The zero-order chi connectivity index (χ0) is 16.7. The molecule has 2 rings (SSSR count). The molecule has 22 heavy (non-hydrogen) atoms. The van der Waals surface area contributed by atoms with Crippen molar-refractivity contribution in [2.24, 2.45) is 17.3 Å². The quantitative estimate of drug-likeness (QED) is 0.631. The molecule has 3 unspecified atom stereocenters. The highest BCUT2D eigenvalue weighted by Gasteiger charge is 2.60. The van der Waals surface area contributed by atoms with Crippen LogP contribution in [-0.4, -0.2) is 18.9 Å². The molecule has 1 fully saturated rings. The molecule has 1 aliphatic carbocycles. The fraction of sp³-hybridized carbons (Fsp3) is 0.579. The summed E-state index contributed by atoms with van der Waals surface area (Å²) >= 11 is 0. The Balaban J connectivity index is 2.33. The Labute approximate surface area is 133 Å². The predicted molar refractivity (Wildman–Crippen MR) is 86.8 cm³/mol. The van der Waals surface area contributed by atoms with Crippen LogP contribution in [0.1, 0.15) is 42.5 Å². The highest BCUT2D eigenvalue weighted by atomic mass is 16.5. The van der Waals surface area contributed by atoms with Crippen molar-refractivity contribution in [2.75, 3.05) is 7.11 Å². The minimum atomic E-state index is -0.946. The van der Waals surface area contributed by atoms with E-state index in [-0.39, 0.29) is 17.7 Å². The lowest BCUT2D eigenvalue weighted by Crippen LogP contribution is -2.57. The monoisotopic (exact) mass is 302 g/mol. The number of hydrogen-bond donors (Lipinski definition) is 0. The lowest BCUT2D eigenvalue weighted by Gasteiger charge is -2.49. The van der Waals surface area contributed by atoms with Crippen LogP contribution < -0.4 is 0 Å². The Bertz CT molecular complexity index is 594. The van der Waals surface area contributed by atoms with Crippen molar-refractivity contribution in [1.29, 1.82) is 0 Å². The minimum Gasteiger partial charge on any atom is -0.468 e. The number of esters is 1. The number of aryl methyl sites for hydroxylation is 3. The Morgan fingerprint density at radius 3 is 2.14 bits per heavy atom. The first-order chi connectivity index (χ1) is 10.2. The number of hydrogen-bond acceptors (Lipinski definition) is 3. The maximum atomic E-state index is 13.0. The van der Waals surface area contributed by atoms with Crippen LogP contribution in [0.4, 0.5) is 0 Å². The molecule has 0 saturated heterocycles. The number of benzene rings is 1. The van der Waals surface area contributed by atoms with Gasteiger partial charge >= 0.3 is 5.97 Å². The molecule has 1 aromatic carbocycles. The van der Waals surface area contributed by atoms with E-state index in [1.54, 1.807) is 0 Å².